The van der Waals surface area contributed by atoms with Crippen LogP contribution in [0.4, 0.5) is 17.1 Å². The highest BCUT2D eigenvalue weighted by Crippen LogP contribution is 2.52. The van der Waals surface area contributed by atoms with Crippen LogP contribution in [0.1, 0.15) is 44.8 Å². The van der Waals surface area contributed by atoms with Crippen molar-refractivity contribution in [3.8, 4) is 22.3 Å². The Morgan fingerprint density at radius 3 is 2.17 bits per heavy atom. The van der Waals surface area contributed by atoms with E-state index in [1.165, 1.54) is 78.4 Å². The second kappa shape index (κ2) is 6.25. The Bertz CT molecular complexity index is 1760. The van der Waals surface area contributed by atoms with Gasteiger partial charge in [0, 0.05) is 25.2 Å². The molecule has 4 aliphatic rings. The minimum atomic E-state index is 0.868. The van der Waals surface area contributed by atoms with Crippen molar-refractivity contribution in [2.45, 2.75) is 25.7 Å². The first kappa shape index (κ1) is 18.1. The fourth-order valence-electron chi connectivity index (χ4n) is 6.85. The van der Waals surface area contributed by atoms with Crippen molar-refractivity contribution < 1.29 is 0 Å². The van der Waals surface area contributed by atoms with Crippen LogP contribution in [0.25, 0.3) is 22.3 Å². The number of pyridine rings is 2. The van der Waals surface area contributed by atoms with Crippen LogP contribution >= 0.6 is 0 Å². The summed E-state index contributed by atoms with van der Waals surface area (Å²) in [4.78, 5) is 12.0. The Balaban J connectivity index is 1.25. The first-order chi connectivity index (χ1) is 17.3. The van der Waals surface area contributed by atoms with Gasteiger partial charge < -0.3 is 4.90 Å². The first-order valence-electron chi connectivity index (χ1n) is 12.4. The van der Waals surface area contributed by atoms with Crippen LogP contribution in [0.5, 0.6) is 0 Å². The molecule has 164 valence electrons. The zero-order chi connectivity index (χ0) is 22.7. The maximum atomic E-state index is 4.82. The summed E-state index contributed by atoms with van der Waals surface area (Å²) in [6, 6.07) is 25.1. The predicted octanol–water partition coefficient (Wildman–Crippen LogP) is 6.90. The largest absolute Gasteiger partial charge is 0.306 e. The van der Waals surface area contributed by atoms with Gasteiger partial charge in [-0.1, -0.05) is 30.3 Å². The molecule has 0 amide bonds. The van der Waals surface area contributed by atoms with Crippen molar-refractivity contribution >= 4 is 17.1 Å². The molecule has 9 rings (SSSR count). The highest BCUT2D eigenvalue weighted by Gasteiger charge is 2.34. The van der Waals surface area contributed by atoms with Crippen LogP contribution in [-0.4, -0.2) is 9.97 Å². The molecule has 2 aromatic heterocycles. The Morgan fingerprint density at radius 1 is 0.486 bits per heavy atom. The summed E-state index contributed by atoms with van der Waals surface area (Å²) in [6.07, 6.45) is 7.67. The van der Waals surface area contributed by atoms with Crippen LogP contribution in [0.2, 0.25) is 0 Å². The lowest BCUT2D eigenvalue weighted by atomic mass is 9.89. The Labute approximate surface area is 203 Å². The molecule has 4 heterocycles. The maximum absolute atomic E-state index is 4.82. The van der Waals surface area contributed by atoms with Crippen LogP contribution in [0.3, 0.4) is 0 Å². The maximum Gasteiger partial charge on any atom is 0.0717 e. The second-order valence-electron chi connectivity index (χ2n) is 10.2. The fourth-order valence-corrected chi connectivity index (χ4v) is 6.85. The van der Waals surface area contributed by atoms with Gasteiger partial charge in [0.1, 0.15) is 0 Å². The van der Waals surface area contributed by atoms with Gasteiger partial charge >= 0.3 is 0 Å². The number of nitrogens with zero attached hydrogens (tertiary/aromatic N) is 3. The molecule has 3 nitrogen and oxygen atoms in total. The minimum Gasteiger partial charge on any atom is -0.306 e. The zero-order valence-electron chi connectivity index (χ0n) is 19.2. The normalized spacial score (nSPS) is 14.9. The molecule has 0 radical (unpaired) electrons. The van der Waals surface area contributed by atoms with Gasteiger partial charge in [-0.3, -0.25) is 9.97 Å². The molecule has 0 unspecified atom stereocenters. The molecule has 35 heavy (non-hydrogen) atoms. The first-order valence-corrected chi connectivity index (χ1v) is 12.4. The molecular weight excluding hydrogens is 426 g/mol. The molecule has 0 saturated heterocycles. The third-order valence-electron chi connectivity index (χ3n) is 8.36. The monoisotopic (exact) mass is 447 g/mol. The number of hydrogen-bond acceptors (Lipinski definition) is 3. The molecule has 0 spiro atoms. The number of fused-ring (bicyclic) bond motifs is 10. The van der Waals surface area contributed by atoms with Gasteiger partial charge in [-0.2, -0.15) is 0 Å². The lowest BCUT2D eigenvalue weighted by Crippen LogP contribution is -2.26. The summed E-state index contributed by atoms with van der Waals surface area (Å²) >= 11 is 0. The minimum absolute atomic E-state index is 0.868. The molecule has 2 aliphatic heterocycles. The molecule has 0 atom stereocenters. The lowest BCUT2D eigenvalue weighted by Gasteiger charge is -2.38. The third-order valence-corrected chi connectivity index (χ3v) is 8.36. The lowest BCUT2D eigenvalue weighted by molar-refractivity contribution is 0.935. The van der Waals surface area contributed by atoms with Crippen LogP contribution in [-0.2, 0) is 25.7 Å². The average molecular weight is 448 g/mol. The van der Waals surface area contributed by atoms with Gasteiger partial charge in [-0.25, -0.2) is 0 Å². The van der Waals surface area contributed by atoms with Gasteiger partial charge in [0.15, 0.2) is 0 Å². The molecule has 5 aromatic rings. The fraction of sp³-hybridized carbons (Fsp3) is 0.125. The van der Waals surface area contributed by atoms with Crippen molar-refractivity contribution in [2.24, 2.45) is 0 Å². The summed E-state index contributed by atoms with van der Waals surface area (Å²) in [5, 5.41) is 0. The van der Waals surface area contributed by atoms with E-state index in [-0.39, 0.29) is 0 Å². The smallest absolute Gasteiger partial charge is 0.0717 e. The number of rotatable bonds is 0. The summed E-state index contributed by atoms with van der Waals surface area (Å²) in [6.45, 7) is 0. The van der Waals surface area contributed by atoms with E-state index in [1.54, 1.807) is 0 Å². The van der Waals surface area contributed by atoms with Gasteiger partial charge in [0.05, 0.1) is 28.5 Å². The molecule has 2 aliphatic carbocycles. The Kier molecular flexibility index (Phi) is 3.24. The van der Waals surface area contributed by atoms with Crippen molar-refractivity contribution in [2.75, 3.05) is 4.90 Å². The summed E-state index contributed by atoms with van der Waals surface area (Å²) in [5.74, 6) is 0. The number of benzene rings is 3. The van der Waals surface area contributed by atoms with Crippen LogP contribution in [0.15, 0.2) is 79.1 Å². The van der Waals surface area contributed by atoms with Crippen LogP contribution in [0, 0.1) is 0 Å². The molecule has 0 bridgehead atoms. The number of aromatic nitrogens is 2. The molecule has 0 saturated carbocycles. The zero-order valence-corrected chi connectivity index (χ0v) is 19.2. The van der Waals surface area contributed by atoms with Gasteiger partial charge in [-0.15, -0.1) is 0 Å². The Morgan fingerprint density at radius 2 is 1.23 bits per heavy atom. The number of hydrogen-bond donors (Lipinski definition) is 0. The van der Waals surface area contributed by atoms with E-state index in [1.807, 2.05) is 12.4 Å². The van der Waals surface area contributed by atoms with E-state index in [9.17, 15) is 0 Å². The van der Waals surface area contributed by atoms with Crippen molar-refractivity contribution in [1.82, 2.24) is 9.97 Å². The quantitative estimate of drug-likeness (QED) is 0.253. The topological polar surface area (TPSA) is 29.0 Å². The predicted molar refractivity (Wildman–Crippen MR) is 139 cm³/mol. The van der Waals surface area contributed by atoms with E-state index in [4.69, 9.17) is 9.97 Å². The third kappa shape index (κ3) is 2.30. The molecular formula is C32H21N3. The van der Waals surface area contributed by atoms with Crippen molar-refractivity contribution in [3.05, 3.63) is 124 Å². The summed E-state index contributed by atoms with van der Waals surface area (Å²) in [7, 11) is 0. The van der Waals surface area contributed by atoms with E-state index >= 15 is 0 Å². The summed E-state index contributed by atoms with van der Waals surface area (Å²) < 4.78 is 0. The van der Waals surface area contributed by atoms with E-state index in [0.717, 1.165) is 31.4 Å². The summed E-state index contributed by atoms with van der Waals surface area (Å²) in [5.41, 5.74) is 20.2. The van der Waals surface area contributed by atoms with Gasteiger partial charge in [0.25, 0.3) is 0 Å². The average Bonchev–Trinajstić information content (AvgIpc) is 3.42. The van der Waals surface area contributed by atoms with Crippen LogP contribution < -0.4 is 4.90 Å². The highest BCUT2D eigenvalue weighted by atomic mass is 15.2. The van der Waals surface area contributed by atoms with E-state index < -0.39 is 0 Å². The molecule has 3 heteroatoms. The SMILES string of the molecule is c1ccc2c(c1)Cc1cc3c(cc1-2)Cc1cc2c(cc1-3)N1c3cccnc3Cc3ccnc(c31)C2. The van der Waals surface area contributed by atoms with E-state index in [2.05, 4.69) is 71.6 Å². The van der Waals surface area contributed by atoms with Gasteiger partial charge in [-0.05, 0) is 105 Å². The van der Waals surface area contributed by atoms with E-state index in [0.29, 0.717) is 0 Å². The molecule has 0 fully saturated rings. The standard InChI is InChI=1S/C32H21N3/c1-2-5-24-18(4-1)10-21-14-26-22(13-25(21)24)11-20-12-23-16-29-32-19(7-9-34-29)15-28-30(6-3-8-33-28)35(32)31(23)17-27(20)26/h1-9,12-14,17H,10-11,15-16H2. The number of anilines is 3. The van der Waals surface area contributed by atoms with Crippen molar-refractivity contribution in [1.29, 1.82) is 0 Å². The Hall–Kier alpha value is -4.24. The molecule has 3 aromatic carbocycles. The second-order valence-corrected chi connectivity index (χ2v) is 10.2. The highest BCUT2D eigenvalue weighted by molar-refractivity contribution is 5.93. The van der Waals surface area contributed by atoms with Crippen molar-refractivity contribution in [3.63, 3.8) is 0 Å². The van der Waals surface area contributed by atoms with Gasteiger partial charge in [0.2, 0.25) is 0 Å². The molecule has 0 N–H and O–H groups in total.